The number of hydrogen-bond acceptors (Lipinski definition) is 5. The number of rotatable bonds is 5. The van der Waals surface area contributed by atoms with Crippen LogP contribution in [0.4, 0.5) is 4.79 Å². The van der Waals surface area contributed by atoms with Crippen molar-refractivity contribution in [1.82, 2.24) is 24.9 Å². The lowest BCUT2D eigenvalue weighted by Crippen LogP contribution is -2.58. The summed E-state index contributed by atoms with van der Waals surface area (Å²) >= 11 is 0. The van der Waals surface area contributed by atoms with Gasteiger partial charge in [-0.05, 0) is 38.7 Å². The molecule has 1 spiro atoms. The van der Waals surface area contributed by atoms with Crippen molar-refractivity contribution in [3.63, 3.8) is 0 Å². The second-order valence-electron chi connectivity index (χ2n) is 8.38. The molecule has 4 amide bonds. The Morgan fingerprint density at radius 3 is 2.39 bits per heavy atom. The predicted molar refractivity (Wildman–Crippen MR) is 113 cm³/mol. The molecule has 0 unspecified atom stereocenters. The van der Waals surface area contributed by atoms with E-state index in [1.807, 2.05) is 33.8 Å². The Morgan fingerprint density at radius 1 is 1.29 bits per heavy atom. The first kappa shape index (κ1) is 24.1. The van der Waals surface area contributed by atoms with E-state index in [-0.39, 0.29) is 30.2 Å². The Bertz CT molecular complexity index is 821. The molecule has 2 aliphatic rings. The molecular formula is C21H31N5O5. The summed E-state index contributed by atoms with van der Waals surface area (Å²) in [5.41, 5.74) is 0.660. The average molecular weight is 434 g/mol. The normalized spacial score (nSPS) is 17.6. The molecule has 2 N–H and O–H groups in total. The number of carbonyl (C=O) groups excluding carboxylic acids is 3. The van der Waals surface area contributed by atoms with Crippen molar-refractivity contribution < 1.29 is 24.3 Å². The Balaban J connectivity index is 0.00000107. The van der Waals surface area contributed by atoms with Crippen LogP contribution < -0.4 is 0 Å². The molecule has 3 heterocycles. The van der Waals surface area contributed by atoms with E-state index in [0.717, 1.165) is 5.57 Å². The Hall–Kier alpha value is -3.17. The number of urea groups is 1. The first-order valence-electron chi connectivity index (χ1n) is 10.3. The second kappa shape index (κ2) is 10.2. The van der Waals surface area contributed by atoms with Crippen molar-refractivity contribution in [2.24, 2.45) is 5.92 Å². The largest absolute Gasteiger partial charge is 0.483 e. The summed E-state index contributed by atoms with van der Waals surface area (Å²) in [6, 6.07) is 1.42. The summed E-state index contributed by atoms with van der Waals surface area (Å²) in [7, 11) is 0. The molecule has 0 atom stereocenters. The van der Waals surface area contributed by atoms with Crippen LogP contribution in [0.2, 0.25) is 0 Å². The number of nitrogens with one attached hydrogen (secondary N) is 1. The third-order valence-electron chi connectivity index (χ3n) is 5.46. The zero-order valence-corrected chi connectivity index (χ0v) is 18.5. The number of allylic oxidation sites excluding steroid dienone is 1. The van der Waals surface area contributed by atoms with Gasteiger partial charge in [-0.2, -0.15) is 5.10 Å². The summed E-state index contributed by atoms with van der Waals surface area (Å²) in [6.45, 7) is 9.43. The number of amides is 4. The van der Waals surface area contributed by atoms with Crippen molar-refractivity contribution >= 4 is 24.3 Å². The molecule has 1 aromatic rings. The standard InChI is InChI=1S/C20H29N5O3.CH2O2/c1-14(2)6-10-24-18(27)20(25(19(24)28)13-15(3)4)7-11-23(12-8-20)17(26)16-5-9-21-22-16;2-1-3/h5-6,9,15H,7-8,10-13H2,1-4H3,(H,21,22);1H,(H,2,3). The molecule has 10 heteroatoms. The number of carbonyl (C=O) groups is 4. The lowest BCUT2D eigenvalue weighted by atomic mass is 9.85. The second-order valence-corrected chi connectivity index (χ2v) is 8.38. The maximum atomic E-state index is 13.3. The summed E-state index contributed by atoms with van der Waals surface area (Å²) in [6.07, 6.45) is 4.35. The third kappa shape index (κ3) is 5.12. The average Bonchev–Trinajstić information content (AvgIpc) is 3.31. The Morgan fingerprint density at radius 2 is 1.90 bits per heavy atom. The highest BCUT2D eigenvalue weighted by molar-refractivity contribution is 6.07. The first-order valence-corrected chi connectivity index (χ1v) is 10.3. The molecular weight excluding hydrogens is 402 g/mol. The fourth-order valence-corrected chi connectivity index (χ4v) is 3.94. The highest BCUT2D eigenvalue weighted by Gasteiger charge is 2.57. The molecule has 31 heavy (non-hydrogen) atoms. The van der Waals surface area contributed by atoms with Gasteiger partial charge in [-0.25, -0.2) is 4.79 Å². The maximum absolute atomic E-state index is 13.3. The van der Waals surface area contributed by atoms with Gasteiger partial charge in [-0.1, -0.05) is 25.5 Å². The van der Waals surface area contributed by atoms with Gasteiger partial charge in [0, 0.05) is 32.4 Å². The SMILES string of the molecule is CC(C)=CCN1C(=O)N(CC(C)C)C2(CCN(C(=O)c3ccn[nH]3)CC2)C1=O.O=CO. The molecule has 170 valence electrons. The molecule has 0 aliphatic carbocycles. The summed E-state index contributed by atoms with van der Waals surface area (Å²) < 4.78 is 0. The highest BCUT2D eigenvalue weighted by atomic mass is 16.3. The van der Waals surface area contributed by atoms with Crippen LogP contribution in [0.5, 0.6) is 0 Å². The van der Waals surface area contributed by atoms with E-state index in [9.17, 15) is 14.4 Å². The van der Waals surface area contributed by atoms with E-state index in [2.05, 4.69) is 10.2 Å². The molecule has 0 aromatic carbocycles. The van der Waals surface area contributed by atoms with Gasteiger partial charge in [0.05, 0.1) is 0 Å². The summed E-state index contributed by atoms with van der Waals surface area (Å²) in [5, 5.41) is 13.4. The molecule has 0 radical (unpaired) electrons. The van der Waals surface area contributed by atoms with Crippen molar-refractivity contribution in [2.45, 2.75) is 46.1 Å². The Labute approximate surface area is 181 Å². The van der Waals surface area contributed by atoms with Crippen molar-refractivity contribution in [3.05, 3.63) is 29.6 Å². The fourth-order valence-electron chi connectivity index (χ4n) is 3.94. The summed E-state index contributed by atoms with van der Waals surface area (Å²) in [4.78, 5) is 52.1. The van der Waals surface area contributed by atoms with Gasteiger partial charge < -0.3 is 14.9 Å². The molecule has 2 saturated heterocycles. The van der Waals surface area contributed by atoms with Gasteiger partial charge >= 0.3 is 6.03 Å². The lowest BCUT2D eigenvalue weighted by Gasteiger charge is -2.42. The van der Waals surface area contributed by atoms with Crippen molar-refractivity contribution in [3.8, 4) is 0 Å². The topological polar surface area (TPSA) is 127 Å². The van der Waals surface area contributed by atoms with Gasteiger partial charge in [-0.15, -0.1) is 0 Å². The minimum atomic E-state index is -0.846. The van der Waals surface area contributed by atoms with Crippen LogP contribution in [0.25, 0.3) is 0 Å². The van der Waals surface area contributed by atoms with Gasteiger partial charge in [0.15, 0.2) is 0 Å². The van der Waals surface area contributed by atoms with E-state index in [4.69, 9.17) is 9.90 Å². The third-order valence-corrected chi connectivity index (χ3v) is 5.46. The minimum Gasteiger partial charge on any atom is -0.483 e. The van der Waals surface area contributed by atoms with Crippen LogP contribution in [0.15, 0.2) is 23.9 Å². The van der Waals surface area contributed by atoms with Crippen LogP contribution >= 0.6 is 0 Å². The molecule has 3 rings (SSSR count). The minimum absolute atomic E-state index is 0.124. The lowest BCUT2D eigenvalue weighted by molar-refractivity contribution is -0.135. The monoisotopic (exact) mass is 433 g/mol. The number of H-pyrrole nitrogens is 1. The fraction of sp³-hybridized carbons (Fsp3) is 0.571. The van der Waals surface area contributed by atoms with Crippen LogP contribution in [-0.4, -0.2) is 86.0 Å². The number of aromatic nitrogens is 2. The van der Waals surface area contributed by atoms with Crippen molar-refractivity contribution in [1.29, 1.82) is 0 Å². The summed E-state index contributed by atoms with van der Waals surface area (Å²) in [5.74, 6) is -0.00750. The highest BCUT2D eigenvalue weighted by Crippen LogP contribution is 2.38. The number of carboxylic acid groups (broad SMARTS) is 1. The smallest absolute Gasteiger partial charge is 0.327 e. The molecule has 0 bridgehead atoms. The number of hydrogen-bond donors (Lipinski definition) is 2. The number of likely N-dealkylation sites (tertiary alicyclic amines) is 1. The number of nitrogens with zero attached hydrogens (tertiary/aromatic N) is 4. The molecule has 2 aliphatic heterocycles. The van der Waals surface area contributed by atoms with Gasteiger partial charge in [0.2, 0.25) is 0 Å². The molecule has 1 aromatic heterocycles. The number of aromatic amines is 1. The maximum Gasteiger partial charge on any atom is 0.327 e. The zero-order valence-electron chi connectivity index (χ0n) is 18.5. The van der Waals surface area contributed by atoms with Crippen LogP contribution in [0, 0.1) is 5.92 Å². The van der Waals surface area contributed by atoms with E-state index >= 15 is 0 Å². The van der Waals surface area contributed by atoms with Crippen LogP contribution in [0.1, 0.15) is 51.0 Å². The quantitative estimate of drug-likeness (QED) is 0.415. The molecule has 0 saturated carbocycles. The molecule has 10 nitrogen and oxygen atoms in total. The van der Waals surface area contributed by atoms with E-state index in [0.29, 0.717) is 44.7 Å². The van der Waals surface area contributed by atoms with Crippen molar-refractivity contribution in [2.75, 3.05) is 26.2 Å². The van der Waals surface area contributed by atoms with Gasteiger partial charge in [0.25, 0.3) is 18.3 Å². The van der Waals surface area contributed by atoms with Gasteiger partial charge in [0.1, 0.15) is 11.2 Å². The number of piperidine rings is 1. The van der Waals surface area contributed by atoms with E-state index < -0.39 is 5.54 Å². The zero-order chi connectivity index (χ0) is 23.2. The van der Waals surface area contributed by atoms with E-state index in [1.54, 1.807) is 22.1 Å². The number of imide groups is 1. The first-order chi connectivity index (χ1) is 14.7. The van der Waals surface area contributed by atoms with Crippen LogP contribution in [-0.2, 0) is 9.59 Å². The Kier molecular flexibility index (Phi) is 7.95. The van der Waals surface area contributed by atoms with Gasteiger partial charge in [-0.3, -0.25) is 24.4 Å². The predicted octanol–water partition coefficient (Wildman–Crippen LogP) is 1.97. The van der Waals surface area contributed by atoms with E-state index in [1.165, 1.54) is 4.90 Å². The molecule has 2 fully saturated rings. The van der Waals surface area contributed by atoms with Crippen LogP contribution in [0.3, 0.4) is 0 Å².